The first-order valence-corrected chi connectivity index (χ1v) is 6.93. The summed E-state index contributed by atoms with van der Waals surface area (Å²) in [4.78, 5) is 12.0. The highest BCUT2D eigenvalue weighted by atomic mass is 35.5. The number of carbonyl (C=O) groups is 1. The van der Waals surface area contributed by atoms with E-state index >= 15 is 0 Å². The average Bonchev–Trinajstić information content (AvgIpc) is 2.65. The van der Waals surface area contributed by atoms with E-state index in [-0.39, 0.29) is 11.9 Å². The Kier molecular flexibility index (Phi) is 6.31. The number of nitrogens with one attached hydrogen (secondary N) is 1. The number of hydrogen-bond donors (Lipinski definition) is 1. The molecule has 1 atom stereocenters. The van der Waals surface area contributed by atoms with Gasteiger partial charge in [-0.15, -0.1) is 0 Å². The van der Waals surface area contributed by atoms with E-state index in [1.807, 2.05) is 27.7 Å². The van der Waals surface area contributed by atoms with Gasteiger partial charge in [0.15, 0.2) is 0 Å². The molecule has 0 aliphatic heterocycles. The molecule has 0 bridgehead atoms. The van der Waals surface area contributed by atoms with Crippen molar-refractivity contribution in [2.75, 3.05) is 19.8 Å². The third kappa shape index (κ3) is 4.21. The van der Waals surface area contributed by atoms with Crippen molar-refractivity contribution < 1.29 is 9.53 Å². The van der Waals surface area contributed by atoms with Crippen molar-refractivity contribution in [1.82, 2.24) is 15.1 Å². The highest BCUT2D eigenvalue weighted by molar-refractivity contribution is 6.31. The van der Waals surface area contributed by atoms with Crippen molar-refractivity contribution in [2.45, 2.75) is 40.2 Å². The molecule has 1 aromatic rings. The lowest BCUT2D eigenvalue weighted by molar-refractivity contribution is -0.124. The van der Waals surface area contributed by atoms with Gasteiger partial charge in [0, 0.05) is 19.8 Å². The summed E-state index contributed by atoms with van der Waals surface area (Å²) in [6, 6.07) is -0.363. The molecule has 0 aliphatic rings. The van der Waals surface area contributed by atoms with Crippen LogP contribution in [0, 0.1) is 13.8 Å². The van der Waals surface area contributed by atoms with Crippen LogP contribution in [0.5, 0.6) is 0 Å². The van der Waals surface area contributed by atoms with Gasteiger partial charge < -0.3 is 10.1 Å². The number of amides is 1. The van der Waals surface area contributed by atoms with Crippen LogP contribution in [0.25, 0.3) is 0 Å². The molecule has 0 saturated heterocycles. The van der Waals surface area contributed by atoms with E-state index in [0.717, 1.165) is 17.8 Å². The standard InChI is InChI=1S/C13H22ClN3O2/c1-5-19-8-6-7-15-13(18)11(4)17-10(3)12(14)9(2)16-17/h11H,5-8H2,1-4H3,(H,15,18). The first-order valence-electron chi connectivity index (χ1n) is 6.55. The molecule has 1 N–H and O–H groups in total. The molecule has 19 heavy (non-hydrogen) atoms. The summed E-state index contributed by atoms with van der Waals surface area (Å²) in [5.41, 5.74) is 1.56. The third-order valence-electron chi connectivity index (χ3n) is 2.95. The van der Waals surface area contributed by atoms with Crippen LogP contribution in [0.2, 0.25) is 5.02 Å². The van der Waals surface area contributed by atoms with Crippen LogP contribution in [-0.2, 0) is 9.53 Å². The van der Waals surface area contributed by atoms with Gasteiger partial charge in [-0.2, -0.15) is 5.10 Å². The second kappa shape index (κ2) is 7.50. The highest BCUT2D eigenvalue weighted by Gasteiger charge is 2.19. The van der Waals surface area contributed by atoms with Gasteiger partial charge in [0.2, 0.25) is 5.91 Å². The maximum absolute atomic E-state index is 12.0. The molecule has 1 aromatic heterocycles. The maximum atomic E-state index is 12.0. The number of rotatable bonds is 7. The van der Waals surface area contributed by atoms with Gasteiger partial charge in [-0.1, -0.05) is 11.6 Å². The first kappa shape index (κ1) is 16.0. The minimum atomic E-state index is -0.363. The van der Waals surface area contributed by atoms with Crippen molar-refractivity contribution in [3.8, 4) is 0 Å². The summed E-state index contributed by atoms with van der Waals surface area (Å²) in [5.74, 6) is -0.0567. The number of hydrogen-bond acceptors (Lipinski definition) is 3. The van der Waals surface area contributed by atoms with Crippen molar-refractivity contribution >= 4 is 17.5 Å². The highest BCUT2D eigenvalue weighted by Crippen LogP contribution is 2.22. The molecular weight excluding hydrogens is 266 g/mol. The number of aryl methyl sites for hydroxylation is 1. The largest absolute Gasteiger partial charge is 0.382 e. The maximum Gasteiger partial charge on any atom is 0.244 e. The predicted octanol–water partition coefficient (Wildman–Crippen LogP) is 2.26. The molecule has 5 nitrogen and oxygen atoms in total. The van der Waals surface area contributed by atoms with Crippen molar-refractivity contribution in [3.05, 3.63) is 16.4 Å². The molecule has 0 aliphatic carbocycles. The molecule has 1 unspecified atom stereocenters. The topological polar surface area (TPSA) is 56.1 Å². The quantitative estimate of drug-likeness (QED) is 0.783. The minimum Gasteiger partial charge on any atom is -0.382 e. The molecule has 1 rings (SSSR count). The number of halogens is 1. The van der Waals surface area contributed by atoms with Gasteiger partial charge in [-0.05, 0) is 34.1 Å². The molecule has 0 fully saturated rings. The lowest BCUT2D eigenvalue weighted by atomic mass is 10.3. The molecule has 0 saturated carbocycles. The van der Waals surface area contributed by atoms with Gasteiger partial charge in [0.05, 0.1) is 16.4 Å². The second-order valence-electron chi connectivity index (χ2n) is 4.45. The van der Waals surface area contributed by atoms with Crippen LogP contribution >= 0.6 is 11.6 Å². The summed E-state index contributed by atoms with van der Waals surface area (Å²) in [7, 11) is 0. The normalized spacial score (nSPS) is 12.5. The Balaban J connectivity index is 2.50. The van der Waals surface area contributed by atoms with Gasteiger partial charge in [-0.3, -0.25) is 9.48 Å². The fourth-order valence-electron chi connectivity index (χ4n) is 1.81. The number of ether oxygens (including phenoxy) is 1. The molecule has 0 aromatic carbocycles. The Hall–Kier alpha value is -1.07. The van der Waals surface area contributed by atoms with Gasteiger partial charge in [0.1, 0.15) is 6.04 Å². The Morgan fingerprint density at radius 1 is 1.53 bits per heavy atom. The summed E-state index contributed by atoms with van der Waals surface area (Å²) in [6.45, 7) is 9.43. The van der Waals surface area contributed by atoms with E-state index in [9.17, 15) is 4.79 Å². The van der Waals surface area contributed by atoms with Crippen LogP contribution in [0.3, 0.4) is 0 Å². The van der Waals surface area contributed by atoms with Crippen LogP contribution in [0.4, 0.5) is 0 Å². The molecule has 0 spiro atoms. The Labute approximate surface area is 119 Å². The molecule has 0 radical (unpaired) electrons. The zero-order valence-corrected chi connectivity index (χ0v) is 12.8. The fourth-order valence-corrected chi connectivity index (χ4v) is 1.93. The van der Waals surface area contributed by atoms with E-state index in [4.69, 9.17) is 16.3 Å². The van der Waals surface area contributed by atoms with E-state index < -0.39 is 0 Å². The van der Waals surface area contributed by atoms with Crippen molar-refractivity contribution in [2.24, 2.45) is 0 Å². The zero-order chi connectivity index (χ0) is 14.4. The van der Waals surface area contributed by atoms with E-state index in [1.54, 1.807) is 4.68 Å². The Bertz CT molecular complexity index is 432. The Morgan fingerprint density at radius 2 is 2.21 bits per heavy atom. The summed E-state index contributed by atoms with van der Waals surface area (Å²) < 4.78 is 6.87. The van der Waals surface area contributed by atoms with Crippen LogP contribution < -0.4 is 5.32 Å². The predicted molar refractivity (Wildman–Crippen MR) is 75.5 cm³/mol. The van der Waals surface area contributed by atoms with Gasteiger partial charge in [-0.25, -0.2) is 0 Å². The van der Waals surface area contributed by atoms with Crippen molar-refractivity contribution in [1.29, 1.82) is 0 Å². The molecular formula is C13H22ClN3O2. The average molecular weight is 288 g/mol. The van der Waals surface area contributed by atoms with Gasteiger partial charge in [0.25, 0.3) is 0 Å². The monoisotopic (exact) mass is 287 g/mol. The lowest BCUT2D eigenvalue weighted by Crippen LogP contribution is -2.33. The number of nitrogens with zero attached hydrogens (tertiary/aromatic N) is 2. The zero-order valence-electron chi connectivity index (χ0n) is 12.0. The summed E-state index contributed by atoms with van der Waals surface area (Å²) in [5, 5.41) is 7.78. The number of carbonyl (C=O) groups excluding carboxylic acids is 1. The molecule has 1 heterocycles. The van der Waals surface area contributed by atoms with Crippen LogP contribution in [0.15, 0.2) is 0 Å². The fraction of sp³-hybridized carbons (Fsp3) is 0.692. The van der Waals surface area contributed by atoms with Crippen LogP contribution in [0.1, 0.15) is 37.7 Å². The summed E-state index contributed by atoms with van der Waals surface area (Å²) in [6.07, 6.45) is 0.810. The van der Waals surface area contributed by atoms with E-state index in [1.165, 1.54) is 0 Å². The third-order valence-corrected chi connectivity index (χ3v) is 3.50. The van der Waals surface area contributed by atoms with Gasteiger partial charge >= 0.3 is 0 Å². The van der Waals surface area contributed by atoms with E-state index in [0.29, 0.717) is 24.8 Å². The SMILES string of the molecule is CCOCCCNC(=O)C(C)n1nc(C)c(Cl)c1C. The number of aromatic nitrogens is 2. The first-order chi connectivity index (χ1) is 8.99. The Morgan fingerprint density at radius 3 is 2.74 bits per heavy atom. The van der Waals surface area contributed by atoms with Crippen molar-refractivity contribution in [3.63, 3.8) is 0 Å². The van der Waals surface area contributed by atoms with E-state index in [2.05, 4.69) is 10.4 Å². The molecule has 108 valence electrons. The lowest BCUT2D eigenvalue weighted by Gasteiger charge is -2.14. The molecule has 1 amide bonds. The summed E-state index contributed by atoms with van der Waals surface area (Å²) >= 11 is 6.08. The van der Waals surface area contributed by atoms with Crippen LogP contribution in [-0.4, -0.2) is 35.4 Å². The smallest absolute Gasteiger partial charge is 0.244 e. The second-order valence-corrected chi connectivity index (χ2v) is 4.82. The molecule has 6 heteroatoms. The minimum absolute atomic E-state index is 0.0567.